The van der Waals surface area contributed by atoms with E-state index in [4.69, 9.17) is 18.9 Å². The zero-order valence-corrected chi connectivity index (χ0v) is 23.5. The minimum Gasteiger partial charge on any atom is -0.454 e. The van der Waals surface area contributed by atoms with Gasteiger partial charge in [-0.2, -0.15) is 0 Å². The summed E-state index contributed by atoms with van der Waals surface area (Å²) in [5, 5.41) is 0. The van der Waals surface area contributed by atoms with E-state index in [9.17, 15) is 9.59 Å². The molecule has 3 aromatic rings. The Kier molecular flexibility index (Phi) is 7.31. The minimum atomic E-state index is 0.00820. The molecule has 0 aromatic heterocycles. The van der Waals surface area contributed by atoms with Crippen LogP contribution in [-0.4, -0.2) is 97.4 Å². The van der Waals surface area contributed by atoms with Crippen LogP contribution in [0.4, 0.5) is 0 Å². The van der Waals surface area contributed by atoms with E-state index < -0.39 is 0 Å². The predicted molar refractivity (Wildman–Crippen MR) is 154 cm³/mol. The van der Waals surface area contributed by atoms with Crippen molar-refractivity contribution < 1.29 is 28.5 Å². The van der Waals surface area contributed by atoms with Gasteiger partial charge in [-0.15, -0.1) is 0 Å². The van der Waals surface area contributed by atoms with Crippen molar-refractivity contribution in [2.45, 2.75) is 13.1 Å². The van der Waals surface area contributed by atoms with Gasteiger partial charge in [0.15, 0.2) is 23.0 Å². The molecule has 2 saturated heterocycles. The fraction of sp³-hybridized carbons (Fsp3) is 0.375. The Bertz CT molecular complexity index is 1350. The molecule has 0 bridgehead atoms. The lowest BCUT2D eigenvalue weighted by Gasteiger charge is -2.35. The molecule has 0 aliphatic carbocycles. The van der Waals surface area contributed by atoms with E-state index in [0.717, 1.165) is 62.3 Å². The molecule has 4 aliphatic heterocycles. The molecule has 3 aromatic carbocycles. The molecule has 0 spiro atoms. The Morgan fingerprint density at radius 1 is 0.500 bits per heavy atom. The Labute approximate surface area is 244 Å². The van der Waals surface area contributed by atoms with Crippen molar-refractivity contribution in [3.8, 4) is 23.0 Å². The number of benzene rings is 3. The minimum absolute atomic E-state index is 0.00820. The fourth-order valence-corrected chi connectivity index (χ4v) is 5.93. The van der Waals surface area contributed by atoms with Gasteiger partial charge in [0, 0.05) is 76.6 Å². The first-order valence-corrected chi connectivity index (χ1v) is 14.5. The Balaban J connectivity index is 0.877. The average molecular weight is 571 g/mol. The Hall–Kier alpha value is -4.28. The number of ether oxygens (including phenoxy) is 4. The third kappa shape index (κ3) is 5.60. The van der Waals surface area contributed by atoms with E-state index >= 15 is 0 Å². The molecule has 4 aliphatic rings. The molecule has 0 saturated carbocycles. The number of amides is 2. The summed E-state index contributed by atoms with van der Waals surface area (Å²) in [6, 6.07) is 19.2. The number of carbonyl (C=O) groups excluding carboxylic acids is 2. The lowest BCUT2D eigenvalue weighted by atomic mass is 10.1. The molecule has 10 heteroatoms. The molecule has 0 N–H and O–H groups in total. The highest BCUT2D eigenvalue weighted by atomic mass is 16.7. The second-order valence-electron chi connectivity index (χ2n) is 11.1. The van der Waals surface area contributed by atoms with Crippen molar-refractivity contribution in [3.63, 3.8) is 0 Å². The van der Waals surface area contributed by atoms with Crippen LogP contribution in [0.5, 0.6) is 23.0 Å². The molecule has 2 fully saturated rings. The van der Waals surface area contributed by atoms with E-state index in [1.165, 1.54) is 11.1 Å². The maximum absolute atomic E-state index is 13.2. The maximum atomic E-state index is 13.2. The van der Waals surface area contributed by atoms with E-state index in [1.54, 1.807) is 24.3 Å². The van der Waals surface area contributed by atoms with Crippen molar-refractivity contribution in [2.24, 2.45) is 0 Å². The SMILES string of the molecule is O=C(c1ccc(C(=O)N2CCN(Cc3ccc4c(c3)OCO4)CC2)cc1)N1CCN(Cc2ccc3c(c2)OCO3)CC1. The number of hydrogen-bond acceptors (Lipinski definition) is 8. The molecule has 42 heavy (non-hydrogen) atoms. The number of fused-ring (bicyclic) bond motifs is 2. The van der Waals surface area contributed by atoms with Crippen molar-refractivity contribution in [1.29, 1.82) is 0 Å². The molecule has 7 rings (SSSR count). The summed E-state index contributed by atoms with van der Waals surface area (Å²) < 4.78 is 21.8. The van der Waals surface area contributed by atoms with Gasteiger partial charge in [-0.25, -0.2) is 0 Å². The van der Waals surface area contributed by atoms with Gasteiger partial charge in [-0.05, 0) is 59.7 Å². The quantitative estimate of drug-likeness (QED) is 0.447. The monoisotopic (exact) mass is 570 g/mol. The molecule has 10 nitrogen and oxygen atoms in total. The van der Waals surface area contributed by atoms with Gasteiger partial charge in [0.25, 0.3) is 11.8 Å². The molecular formula is C32H34N4O6. The third-order valence-electron chi connectivity index (χ3n) is 8.38. The van der Waals surface area contributed by atoms with Gasteiger partial charge in [-0.1, -0.05) is 12.1 Å². The van der Waals surface area contributed by atoms with Crippen molar-refractivity contribution in [1.82, 2.24) is 19.6 Å². The van der Waals surface area contributed by atoms with Crippen LogP contribution >= 0.6 is 0 Å². The highest BCUT2D eigenvalue weighted by Gasteiger charge is 2.25. The smallest absolute Gasteiger partial charge is 0.253 e. The van der Waals surface area contributed by atoms with Crippen LogP contribution in [0, 0.1) is 0 Å². The summed E-state index contributed by atoms with van der Waals surface area (Å²) in [5.74, 6) is 3.19. The van der Waals surface area contributed by atoms with Crippen LogP contribution < -0.4 is 18.9 Å². The van der Waals surface area contributed by atoms with Crippen LogP contribution in [0.25, 0.3) is 0 Å². The van der Waals surface area contributed by atoms with Crippen LogP contribution in [0.15, 0.2) is 60.7 Å². The van der Waals surface area contributed by atoms with Gasteiger partial charge in [0.05, 0.1) is 0 Å². The summed E-state index contributed by atoms with van der Waals surface area (Å²) >= 11 is 0. The zero-order chi connectivity index (χ0) is 28.5. The average Bonchev–Trinajstić information content (AvgIpc) is 3.70. The normalized spacial score (nSPS) is 18.4. The van der Waals surface area contributed by atoms with Crippen LogP contribution in [-0.2, 0) is 13.1 Å². The number of piperazine rings is 2. The highest BCUT2D eigenvalue weighted by Crippen LogP contribution is 2.34. The molecule has 4 heterocycles. The Morgan fingerprint density at radius 2 is 0.881 bits per heavy atom. The molecule has 0 atom stereocenters. The van der Waals surface area contributed by atoms with Gasteiger partial charge >= 0.3 is 0 Å². The number of rotatable bonds is 6. The maximum Gasteiger partial charge on any atom is 0.253 e. The summed E-state index contributed by atoms with van der Waals surface area (Å²) in [6.07, 6.45) is 0. The third-order valence-corrected chi connectivity index (χ3v) is 8.38. The first-order chi connectivity index (χ1) is 20.6. The lowest BCUT2D eigenvalue weighted by Crippen LogP contribution is -2.48. The lowest BCUT2D eigenvalue weighted by molar-refractivity contribution is 0.0617. The fourth-order valence-electron chi connectivity index (χ4n) is 5.93. The number of hydrogen-bond donors (Lipinski definition) is 0. The second-order valence-corrected chi connectivity index (χ2v) is 11.1. The molecule has 2 amide bonds. The standard InChI is InChI=1S/C32H34N4O6/c37-31(35-13-9-33(10-14-35)19-23-1-7-27-29(17-23)41-21-39-27)25-3-5-26(6-4-25)32(38)36-15-11-34(12-16-36)20-24-2-8-28-30(18-24)42-22-40-28/h1-8,17-18H,9-16,19-22H2. The van der Waals surface area contributed by atoms with Gasteiger partial charge in [0.1, 0.15) is 0 Å². The van der Waals surface area contributed by atoms with E-state index in [1.807, 2.05) is 34.1 Å². The molecule has 0 unspecified atom stereocenters. The van der Waals surface area contributed by atoms with Crippen LogP contribution in [0.1, 0.15) is 31.8 Å². The van der Waals surface area contributed by atoms with Crippen molar-refractivity contribution in [3.05, 3.63) is 82.9 Å². The zero-order valence-electron chi connectivity index (χ0n) is 23.5. The summed E-state index contributed by atoms with van der Waals surface area (Å²) in [5.41, 5.74) is 3.57. The van der Waals surface area contributed by atoms with Crippen molar-refractivity contribution >= 4 is 11.8 Å². The van der Waals surface area contributed by atoms with Gasteiger partial charge in [-0.3, -0.25) is 19.4 Å². The second kappa shape index (κ2) is 11.5. The van der Waals surface area contributed by atoms with Crippen LogP contribution in [0.3, 0.4) is 0 Å². The van der Waals surface area contributed by atoms with Gasteiger partial charge in [0.2, 0.25) is 13.6 Å². The van der Waals surface area contributed by atoms with Crippen molar-refractivity contribution in [2.75, 3.05) is 65.9 Å². The number of nitrogens with zero attached hydrogens (tertiary/aromatic N) is 4. The molecule has 218 valence electrons. The number of carbonyl (C=O) groups is 2. The first kappa shape index (κ1) is 26.6. The Morgan fingerprint density at radius 3 is 1.29 bits per heavy atom. The van der Waals surface area contributed by atoms with Crippen LogP contribution in [0.2, 0.25) is 0 Å². The summed E-state index contributed by atoms with van der Waals surface area (Å²) in [6.45, 7) is 8.04. The predicted octanol–water partition coefficient (Wildman–Crippen LogP) is 3.06. The van der Waals surface area contributed by atoms with E-state index in [0.29, 0.717) is 37.3 Å². The first-order valence-electron chi connectivity index (χ1n) is 14.5. The molecule has 0 radical (unpaired) electrons. The highest BCUT2D eigenvalue weighted by molar-refractivity contribution is 5.98. The van der Waals surface area contributed by atoms with E-state index in [-0.39, 0.29) is 25.4 Å². The summed E-state index contributed by atoms with van der Waals surface area (Å²) in [7, 11) is 0. The van der Waals surface area contributed by atoms with E-state index in [2.05, 4.69) is 21.9 Å². The van der Waals surface area contributed by atoms with Gasteiger partial charge < -0.3 is 28.7 Å². The topological polar surface area (TPSA) is 84.0 Å². The largest absolute Gasteiger partial charge is 0.454 e. The molecular weight excluding hydrogens is 536 g/mol. The summed E-state index contributed by atoms with van der Waals surface area (Å²) in [4.78, 5) is 34.9.